The molecule has 1 nitrogen and oxygen atoms in total. The van der Waals surface area contributed by atoms with Crippen molar-refractivity contribution in [1.29, 1.82) is 0 Å². The molecule has 0 spiro atoms. The molecule has 1 rings (SSSR count). The molecule has 0 aliphatic carbocycles. The molecule has 0 fully saturated rings. The van der Waals surface area contributed by atoms with Gasteiger partial charge in [-0.1, -0.05) is 12.1 Å². The number of aliphatic hydroxyl groups is 1. The topological polar surface area (TPSA) is 20.2 Å². The average molecular weight is 218 g/mol. The third-order valence-corrected chi connectivity index (χ3v) is 2.68. The van der Waals surface area contributed by atoms with Crippen LogP contribution in [0.15, 0.2) is 29.2 Å². The fourth-order valence-electron chi connectivity index (χ4n) is 1.12. The van der Waals surface area contributed by atoms with Gasteiger partial charge in [-0.25, -0.2) is 8.78 Å². The van der Waals surface area contributed by atoms with Gasteiger partial charge in [-0.2, -0.15) is 0 Å². The second-order valence-electron chi connectivity index (χ2n) is 2.91. The van der Waals surface area contributed by atoms with E-state index in [1.54, 1.807) is 12.1 Å². The van der Waals surface area contributed by atoms with Crippen molar-refractivity contribution in [2.45, 2.75) is 17.2 Å². The van der Waals surface area contributed by atoms with Crippen molar-refractivity contribution in [2.24, 2.45) is 0 Å². The summed E-state index contributed by atoms with van der Waals surface area (Å²) in [5, 5.41) is 8.48. The van der Waals surface area contributed by atoms with Crippen LogP contribution in [0.5, 0.6) is 0 Å². The molecular formula is C10H12F2OS. The second-order valence-corrected chi connectivity index (χ2v) is 3.79. The molecule has 1 aromatic rings. The Kier molecular flexibility index (Phi) is 3.89. The summed E-state index contributed by atoms with van der Waals surface area (Å²) in [6.07, 6.45) is 1.37. The second kappa shape index (κ2) is 4.75. The first kappa shape index (κ1) is 11.5. The maximum atomic E-state index is 13.2. The van der Waals surface area contributed by atoms with Crippen molar-refractivity contribution in [3.05, 3.63) is 29.8 Å². The minimum Gasteiger partial charge on any atom is -0.396 e. The molecule has 0 saturated heterocycles. The first-order chi connectivity index (χ1) is 6.60. The van der Waals surface area contributed by atoms with Crippen LogP contribution in [0, 0.1) is 0 Å². The van der Waals surface area contributed by atoms with Gasteiger partial charge in [0.25, 0.3) is 5.92 Å². The largest absolute Gasteiger partial charge is 0.396 e. The van der Waals surface area contributed by atoms with Crippen LogP contribution in [0.3, 0.4) is 0 Å². The van der Waals surface area contributed by atoms with E-state index in [2.05, 4.69) is 0 Å². The molecule has 14 heavy (non-hydrogen) atoms. The van der Waals surface area contributed by atoms with Gasteiger partial charge in [-0.05, 0) is 18.4 Å². The number of alkyl halides is 2. The van der Waals surface area contributed by atoms with Crippen LogP contribution < -0.4 is 0 Å². The molecule has 0 unspecified atom stereocenters. The van der Waals surface area contributed by atoms with Crippen molar-refractivity contribution in [2.75, 3.05) is 12.9 Å². The minimum absolute atomic E-state index is 0.0376. The monoisotopic (exact) mass is 218 g/mol. The molecule has 0 saturated carbocycles. The highest BCUT2D eigenvalue weighted by Gasteiger charge is 2.30. The fraction of sp³-hybridized carbons (Fsp3) is 0.400. The van der Waals surface area contributed by atoms with E-state index < -0.39 is 19.0 Å². The van der Waals surface area contributed by atoms with E-state index in [4.69, 9.17) is 5.11 Å². The van der Waals surface area contributed by atoms with E-state index in [0.29, 0.717) is 0 Å². The zero-order valence-corrected chi connectivity index (χ0v) is 8.65. The summed E-state index contributed by atoms with van der Waals surface area (Å²) in [6, 6.07) is 6.12. The Balaban J connectivity index is 2.85. The first-order valence-electron chi connectivity index (χ1n) is 4.23. The van der Waals surface area contributed by atoms with Crippen molar-refractivity contribution in [1.82, 2.24) is 0 Å². The van der Waals surface area contributed by atoms with Crippen LogP contribution in [0.25, 0.3) is 0 Å². The minimum atomic E-state index is -2.92. The predicted octanol–water partition coefficient (Wildman–Crippen LogP) is 2.88. The smallest absolute Gasteiger partial charge is 0.275 e. The number of halogens is 2. The van der Waals surface area contributed by atoms with E-state index in [9.17, 15) is 8.78 Å². The molecule has 4 heteroatoms. The van der Waals surface area contributed by atoms with Crippen LogP contribution >= 0.6 is 11.8 Å². The normalized spacial score (nSPS) is 11.7. The predicted molar refractivity (Wildman–Crippen MR) is 53.8 cm³/mol. The van der Waals surface area contributed by atoms with Gasteiger partial charge in [0.2, 0.25) is 0 Å². The summed E-state index contributed by atoms with van der Waals surface area (Å²) in [6.45, 7) is -0.503. The summed E-state index contributed by atoms with van der Waals surface area (Å²) in [5.41, 5.74) is -0.0376. The summed E-state index contributed by atoms with van der Waals surface area (Å²) < 4.78 is 26.5. The van der Waals surface area contributed by atoms with Gasteiger partial charge in [0.1, 0.15) is 0 Å². The lowest BCUT2D eigenvalue weighted by molar-refractivity contribution is -0.0270. The zero-order chi connectivity index (χ0) is 10.6. The van der Waals surface area contributed by atoms with Gasteiger partial charge < -0.3 is 5.11 Å². The maximum Gasteiger partial charge on any atom is 0.275 e. The molecule has 0 heterocycles. The van der Waals surface area contributed by atoms with E-state index in [1.165, 1.54) is 23.9 Å². The highest BCUT2D eigenvalue weighted by atomic mass is 32.2. The molecule has 0 aromatic heterocycles. The fourth-order valence-corrected chi connectivity index (χ4v) is 1.53. The third-order valence-electron chi connectivity index (χ3n) is 1.94. The summed E-state index contributed by atoms with van der Waals surface area (Å²) in [4.78, 5) is 0.952. The molecule has 0 aliphatic rings. The van der Waals surface area contributed by atoms with Crippen molar-refractivity contribution >= 4 is 11.8 Å². The maximum absolute atomic E-state index is 13.2. The third kappa shape index (κ3) is 2.69. The molecule has 0 bridgehead atoms. The van der Waals surface area contributed by atoms with Gasteiger partial charge in [-0.3, -0.25) is 0 Å². The number of rotatable bonds is 4. The molecule has 1 N–H and O–H groups in total. The Labute approximate surface area is 86.1 Å². The zero-order valence-electron chi connectivity index (χ0n) is 7.84. The Hall–Kier alpha value is -0.610. The van der Waals surface area contributed by atoms with Gasteiger partial charge in [0, 0.05) is 23.5 Å². The van der Waals surface area contributed by atoms with Crippen LogP contribution in [-0.4, -0.2) is 18.0 Å². The Morgan fingerprint density at radius 3 is 2.29 bits per heavy atom. The molecule has 0 radical (unpaired) electrons. The standard InChI is InChI=1S/C10H12F2OS/c1-14-9-4-2-8(3-5-9)10(11,12)6-7-13/h2-5,13H,6-7H2,1H3. The highest BCUT2D eigenvalue weighted by Crippen LogP contribution is 2.32. The SMILES string of the molecule is CSc1ccc(C(F)(F)CCO)cc1. The molecule has 0 aliphatic heterocycles. The number of aliphatic hydroxyl groups excluding tert-OH is 1. The van der Waals surface area contributed by atoms with Crippen molar-refractivity contribution in [3.8, 4) is 0 Å². The molecule has 0 amide bonds. The van der Waals surface area contributed by atoms with Crippen LogP contribution in [0.2, 0.25) is 0 Å². The van der Waals surface area contributed by atoms with Crippen LogP contribution in [0.1, 0.15) is 12.0 Å². The molecule has 78 valence electrons. The number of benzene rings is 1. The Bertz CT molecular complexity index is 285. The Morgan fingerprint density at radius 2 is 1.86 bits per heavy atom. The first-order valence-corrected chi connectivity index (χ1v) is 5.46. The number of hydrogen-bond donors (Lipinski definition) is 1. The lowest BCUT2D eigenvalue weighted by Gasteiger charge is -2.15. The highest BCUT2D eigenvalue weighted by molar-refractivity contribution is 7.98. The van der Waals surface area contributed by atoms with E-state index in [0.717, 1.165) is 4.90 Å². The van der Waals surface area contributed by atoms with Crippen molar-refractivity contribution in [3.63, 3.8) is 0 Å². The molecule has 1 aromatic carbocycles. The lowest BCUT2D eigenvalue weighted by atomic mass is 10.1. The quantitative estimate of drug-likeness (QED) is 0.784. The number of thioether (sulfide) groups is 1. The Morgan fingerprint density at radius 1 is 1.29 bits per heavy atom. The van der Waals surface area contributed by atoms with Gasteiger partial charge in [-0.15, -0.1) is 11.8 Å². The van der Waals surface area contributed by atoms with E-state index in [1.807, 2.05) is 6.26 Å². The average Bonchev–Trinajstić information content (AvgIpc) is 2.18. The van der Waals surface area contributed by atoms with E-state index in [-0.39, 0.29) is 5.56 Å². The van der Waals surface area contributed by atoms with E-state index >= 15 is 0 Å². The van der Waals surface area contributed by atoms with Crippen LogP contribution in [-0.2, 0) is 5.92 Å². The molecule has 0 atom stereocenters. The number of hydrogen-bond acceptors (Lipinski definition) is 2. The van der Waals surface area contributed by atoms with Crippen LogP contribution in [0.4, 0.5) is 8.78 Å². The lowest BCUT2D eigenvalue weighted by Crippen LogP contribution is -2.14. The van der Waals surface area contributed by atoms with Gasteiger partial charge in [0.05, 0.1) is 0 Å². The van der Waals surface area contributed by atoms with Crippen molar-refractivity contribution < 1.29 is 13.9 Å². The van der Waals surface area contributed by atoms with Gasteiger partial charge in [0.15, 0.2) is 0 Å². The summed E-state index contributed by atoms with van der Waals surface area (Å²) >= 11 is 1.51. The van der Waals surface area contributed by atoms with Gasteiger partial charge >= 0.3 is 0 Å². The molecular weight excluding hydrogens is 206 g/mol. The summed E-state index contributed by atoms with van der Waals surface area (Å²) in [5.74, 6) is -2.92. The summed E-state index contributed by atoms with van der Waals surface area (Å²) in [7, 11) is 0.